The molecule has 0 aromatic rings. The third-order valence-corrected chi connectivity index (χ3v) is 1.85. The van der Waals surface area contributed by atoms with E-state index < -0.39 is 29.2 Å². The van der Waals surface area contributed by atoms with Gasteiger partial charge in [-0.2, -0.15) is 0 Å². The highest BCUT2D eigenvalue weighted by molar-refractivity contribution is 6.33. The van der Waals surface area contributed by atoms with Crippen molar-refractivity contribution in [3.05, 3.63) is 0 Å². The zero-order valence-electron chi connectivity index (χ0n) is 10.1. The Kier molecular flexibility index (Phi) is 5.14. The fraction of sp³-hybridized carbons (Fsp3) is 0.727. The maximum atomic E-state index is 11.3. The number of carbonyl (C=O) groups is 3. The van der Waals surface area contributed by atoms with Gasteiger partial charge in [0.1, 0.15) is 5.60 Å². The van der Waals surface area contributed by atoms with Crippen LogP contribution < -0.4 is 0 Å². The van der Waals surface area contributed by atoms with Gasteiger partial charge in [-0.05, 0) is 27.2 Å². The van der Waals surface area contributed by atoms with Crippen LogP contribution in [0, 0.1) is 5.92 Å². The molecule has 0 aliphatic rings. The van der Waals surface area contributed by atoms with Gasteiger partial charge in [-0.3, -0.25) is 9.59 Å². The summed E-state index contributed by atoms with van der Waals surface area (Å²) in [4.78, 5) is 33.0. The van der Waals surface area contributed by atoms with Crippen LogP contribution >= 0.6 is 0 Å². The highest BCUT2D eigenvalue weighted by Gasteiger charge is 2.23. The molecule has 0 amide bonds. The average molecular weight is 230 g/mol. The van der Waals surface area contributed by atoms with E-state index in [1.54, 1.807) is 20.8 Å². The molecule has 0 radical (unpaired) electrons. The summed E-state index contributed by atoms with van der Waals surface area (Å²) in [5.74, 6) is -3.18. The number of hydrogen-bond donors (Lipinski definition) is 1. The van der Waals surface area contributed by atoms with Crippen LogP contribution in [-0.2, 0) is 19.1 Å². The van der Waals surface area contributed by atoms with Crippen molar-refractivity contribution in [3.63, 3.8) is 0 Å². The lowest BCUT2D eigenvalue weighted by atomic mass is 10.0. The van der Waals surface area contributed by atoms with E-state index in [1.807, 2.05) is 0 Å². The van der Waals surface area contributed by atoms with Crippen molar-refractivity contribution in [2.24, 2.45) is 5.92 Å². The molecule has 0 fully saturated rings. The van der Waals surface area contributed by atoms with E-state index in [9.17, 15) is 14.4 Å². The van der Waals surface area contributed by atoms with Crippen LogP contribution in [0.3, 0.4) is 0 Å². The van der Waals surface area contributed by atoms with Gasteiger partial charge in [0.2, 0.25) is 5.78 Å². The number of ether oxygens (including phenoxy) is 1. The lowest BCUT2D eigenvalue weighted by Gasteiger charge is -2.18. The highest BCUT2D eigenvalue weighted by atomic mass is 16.6. The minimum absolute atomic E-state index is 0.0949. The zero-order chi connectivity index (χ0) is 12.9. The molecule has 5 nitrogen and oxygen atoms in total. The summed E-state index contributed by atoms with van der Waals surface area (Å²) in [7, 11) is 0. The summed E-state index contributed by atoms with van der Waals surface area (Å²) in [5.41, 5.74) is -0.703. The van der Waals surface area contributed by atoms with Gasteiger partial charge in [-0.25, -0.2) is 4.79 Å². The molecule has 0 aromatic carbocycles. The molecule has 0 saturated carbocycles. The first-order valence-corrected chi connectivity index (χ1v) is 5.12. The third-order valence-electron chi connectivity index (χ3n) is 1.85. The molecule has 0 aromatic heterocycles. The van der Waals surface area contributed by atoms with E-state index in [1.165, 1.54) is 6.92 Å². The van der Waals surface area contributed by atoms with Crippen LogP contribution in [0.5, 0.6) is 0 Å². The Morgan fingerprint density at radius 2 is 1.75 bits per heavy atom. The molecule has 0 saturated heterocycles. The quantitative estimate of drug-likeness (QED) is 0.570. The molecule has 0 rings (SSSR count). The van der Waals surface area contributed by atoms with E-state index in [4.69, 9.17) is 9.84 Å². The minimum atomic E-state index is -0.975. The van der Waals surface area contributed by atoms with Crippen molar-refractivity contribution in [1.82, 2.24) is 0 Å². The van der Waals surface area contributed by atoms with E-state index in [2.05, 4.69) is 0 Å². The summed E-state index contributed by atoms with van der Waals surface area (Å²) in [5, 5.41) is 8.59. The number of carbonyl (C=O) groups excluding carboxylic acids is 2. The monoisotopic (exact) mass is 230 g/mol. The average Bonchev–Trinajstić information content (AvgIpc) is 2.10. The van der Waals surface area contributed by atoms with Crippen LogP contribution in [-0.4, -0.2) is 28.4 Å². The summed E-state index contributed by atoms with van der Waals surface area (Å²) in [6, 6.07) is 0. The Bertz CT molecular complexity index is 287. The number of esters is 1. The van der Waals surface area contributed by atoms with Crippen molar-refractivity contribution in [2.45, 2.75) is 46.1 Å². The molecule has 16 heavy (non-hydrogen) atoms. The second kappa shape index (κ2) is 5.63. The molecule has 1 atom stereocenters. The summed E-state index contributed by atoms with van der Waals surface area (Å²) >= 11 is 0. The van der Waals surface area contributed by atoms with Crippen LogP contribution in [0.2, 0.25) is 0 Å². The standard InChI is InChI=1S/C11H18O5/c1-7(9(13)14)5-6-8(12)10(15)16-11(2,3)4/h7H,5-6H2,1-4H3,(H,13,14). The van der Waals surface area contributed by atoms with Gasteiger partial charge < -0.3 is 9.84 Å². The van der Waals surface area contributed by atoms with Crippen molar-refractivity contribution in [3.8, 4) is 0 Å². The molecule has 1 unspecified atom stereocenters. The molecule has 5 heteroatoms. The lowest BCUT2D eigenvalue weighted by Crippen LogP contribution is -2.29. The van der Waals surface area contributed by atoms with Crippen molar-refractivity contribution in [2.75, 3.05) is 0 Å². The number of carboxylic acid groups (broad SMARTS) is 1. The normalized spacial score (nSPS) is 13.0. The van der Waals surface area contributed by atoms with Gasteiger partial charge in [0, 0.05) is 6.42 Å². The molecule has 1 N–H and O–H groups in total. The Morgan fingerprint density at radius 3 is 2.12 bits per heavy atom. The van der Waals surface area contributed by atoms with Crippen LogP contribution in [0.4, 0.5) is 0 Å². The SMILES string of the molecule is CC(CCC(=O)C(=O)OC(C)(C)C)C(=O)O. The van der Waals surface area contributed by atoms with Gasteiger partial charge >= 0.3 is 11.9 Å². The second-order valence-corrected chi connectivity index (χ2v) is 4.70. The Morgan fingerprint density at radius 1 is 1.25 bits per heavy atom. The number of aliphatic carboxylic acids is 1. The number of hydrogen-bond acceptors (Lipinski definition) is 4. The van der Waals surface area contributed by atoms with E-state index in [0.29, 0.717) is 0 Å². The lowest BCUT2D eigenvalue weighted by molar-refractivity contribution is -0.162. The molecule has 0 aliphatic heterocycles. The summed E-state index contributed by atoms with van der Waals surface area (Å²) < 4.78 is 4.86. The fourth-order valence-corrected chi connectivity index (χ4v) is 0.908. The first-order chi connectivity index (χ1) is 7.13. The van der Waals surface area contributed by atoms with Crippen molar-refractivity contribution in [1.29, 1.82) is 0 Å². The molecule has 0 bridgehead atoms. The van der Waals surface area contributed by atoms with E-state index >= 15 is 0 Å². The maximum absolute atomic E-state index is 11.3. The molecule has 0 heterocycles. The zero-order valence-corrected chi connectivity index (χ0v) is 10.1. The van der Waals surface area contributed by atoms with Gasteiger partial charge in [-0.1, -0.05) is 6.92 Å². The predicted molar refractivity (Wildman–Crippen MR) is 56.9 cm³/mol. The topological polar surface area (TPSA) is 80.7 Å². The fourth-order valence-electron chi connectivity index (χ4n) is 0.908. The van der Waals surface area contributed by atoms with Crippen LogP contribution in [0.1, 0.15) is 40.5 Å². The highest BCUT2D eigenvalue weighted by Crippen LogP contribution is 2.10. The first-order valence-electron chi connectivity index (χ1n) is 5.12. The Labute approximate surface area is 94.8 Å². The number of carboxylic acids is 1. The minimum Gasteiger partial charge on any atom is -0.481 e. The second-order valence-electron chi connectivity index (χ2n) is 4.70. The largest absolute Gasteiger partial charge is 0.481 e. The van der Waals surface area contributed by atoms with Gasteiger partial charge in [0.25, 0.3) is 0 Å². The molecule has 0 spiro atoms. The maximum Gasteiger partial charge on any atom is 0.375 e. The Balaban J connectivity index is 4.08. The Hall–Kier alpha value is -1.39. The van der Waals surface area contributed by atoms with Crippen LogP contribution in [0.15, 0.2) is 0 Å². The van der Waals surface area contributed by atoms with Crippen molar-refractivity contribution < 1.29 is 24.2 Å². The predicted octanol–water partition coefficient (Wildman–Crippen LogP) is 1.40. The van der Waals surface area contributed by atoms with E-state index in [-0.39, 0.29) is 12.8 Å². The molecular formula is C11H18O5. The van der Waals surface area contributed by atoms with Crippen molar-refractivity contribution >= 4 is 17.7 Å². The summed E-state index contributed by atoms with van der Waals surface area (Å²) in [6.45, 7) is 6.48. The first kappa shape index (κ1) is 14.6. The number of rotatable bonds is 5. The van der Waals surface area contributed by atoms with Gasteiger partial charge in [-0.15, -0.1) is 0 Å². The number of ketones is 1. The van der Waals surface area contributed by atoms with Crippen LogP contribution in [0.25, 0.3) is 0 Å². The third kappa shape index (κ3) is 6.16. The summed E-state index contributed by atoms with van der Waals surface area (Å²) in [6.07, 6.45) is 0.0514. The number of Topliss-reactive ketones (excluding diaryl/α,β-unsaturated/α-hetero) is 1. The van der Waals surface area contributed by atoms with Gasteiger partial charge in [0.15, 0.2) is 0 Å². The molecule has 92 valence electrons. The molecule has 0 aliphatic carbocycles. The van der Waals surface area contributed by atoms with E-state index in [0.717, 1.165) is 0 Å². The smallest absolute Gasteiger partial charge is 0.375 e. The van der Waals surface area contributed by atoms with Gasteiger partial charge in [0.05, 0.1) is 5.92 Å². The molecular weight excluding hydrogens is 212 g/mol.